The SMILES string of the molecule is O=C(O)C[C@H](O)C[C@H](O)/C=C/c1c(C2CC2)nc2ccccc2c1-c1ccc(P)cc1. The fourth-order valence-electron chi connectivity index (χ4n) is 3.89. The Bertz CT molecular complexity index is 1120. The Labute approximate surface area is 183 Å². The molecule has 0 saturated heterocycles. The van der Waals surface area contributed by atoms with Crippen LogP contribution in [-0.4, -0.2) is 38.5 Å². The maximum atomic E-state index is 10.8. The first-order chi connectivity index (χ1) is 14.9. The molecule has 0 amide bonds. The predicted molar refractivity (Wildman–Crippen MR) is 126 cm³/mol. The first kappa shape index (κ1) is 21.6. The number of aliphatic hydroxyl groups excluding tert-OH is 2. The van der Waals surface area contributed by atoms with E-state index in [1.54, 1.807) is 6.08 Å². The van der Waals surface area contributed by atoms with Gasteiger partial charge in [0.05, 0.1) is 29.8 Å². The zero-order valence-electron chi connectivity index (χ0n) is 17.1. The van der Waals surface area contributed by atoms with E-state index in [9.17, 15) is 15.0 Å². The Kier molecular flexibility index (Phi) is 6.47. The predicted octanol–water partition coefficient (Wildman–Crippen LogP) is 3.88. The summed E-state index contributed by atoms with van der Waals surface area (Å²) in [7, 11) is 2.70. The third-order valence-corrected chi connectivity index (χ3v) is 5.92. The lowest BCUT2D eigenvalue weighted by molar-refractivity contribution is -0.139. The minimum Gasteiger partial charge on any atom is -0.481 e. The Balaban J connectivity index is 1.79. The first-order valence-corrected chi connectivity index (χ1v) is 11.0. The lowest BCUT2D eigenvalue weighted by Crippen LogP contribution is -2.19. The van der Waals surface area contributed by atoms with E-state index >= 15 is 0 Å². The van der Waals surface area contributed by atoms with Crippen LogP contribution in [0.5, 0.6) is 0 Å². The van der Waals surface area contributed by atoms with E-state index < -0.39 is 18.2 Å². The van der Waals surface area contributed by atoms with Gasteiger partial charge in [-0.15, -0.1) is 9.24 Å². The number of hydrogen-bond donors (Lipinski definition) is 3. The highest BCUT2D eigenvalue weighted by atomic mass is 31.0. The molecule has 1 saturated carbocycles. The second-order valence-corrected chi connectivity index (χ2v) is 8.78. The summed E-state index contributed by atoms with van der Waals surface area (Å²) in [4.78, 5) is 15.7. The average molecular weight is 435 g/mol. The summed E-state index contributed by atoms with van der Waals surface area (Å²) in [5.74, 6) is -0.683. The molecule has 1 heterocycles. The number of carboxylic acid groups (broad SMARTS) is 1. The number of aliphatic carboxylic acids is 1. The minimum absolute atomic E-state index is 0.0281. The van der Waals surface area contributed by atoms with E-state index in [1.165, 1.54) is 0 Å². The van der Waals surface area contributed by atoms with E-state index in [2.05, 4.69) is 39.6 Å². The van der Waals surface area contributed by atoms with Crippen molar-refractivity contribution in [3.63, 3.8) is 0 Å². The number of aromatic nitrogens is 1. The number of aliphatic hydroxyl groups is 2. The van der Waals surface area contributed by atoms with Crippen molar-refractivity contribution < 1.29 is 20.1 Å². The number of carbonyl (C=O) groups is 1. The van der Waals surface area contributed by atoms with Gasteiger partial charge in [0.25, 0.3) is 0 Å². The van der Waals surface area contributed by atoms with Crippen molar-refractivity contribution in [3.8, 4) is 11.1 Å². The molecule has 31 heavy (non-hydrogen) atoms. The van der Waals surface area contributed by atoms with Gasteiger partial charge in [-0.1, -0.05) is 54.6 Å². The fourth-order valence-corrected chi connectivity index (χ4v) is 4.09. The Morgan fingerprint density at radius 2 is 1.84 bits per heavy atom. The molecule has 1 aliphatic carbocycles. The van der Waals surface area contributed by atoms with Crippen LogP contribution in [0.4, 0.5) is 0 Å². The number of carboxylic acids is 1. The summed E-state index contributed by atoms with van der Waals surface area (Å²) < 4.78 is 0. The largest absolute Gasteiger partial charge is 0.481 e. The van der Waals surface area contributed by atoms with Crippen LogP contribution in [0.3, 0.4) is 0 Å². The summed E-state index contributed by atoms with van der Waals surface area (Å²) in [6, 6.07) is 16.4. The van der Waals surface area contributed by atoms with Crippen molar-refractivity contribution in [1.29, 1.82) is 0 Å². The van der Waals surface area contributed by atoms with Gasteiger partial charge in [0.1, 0.15) is 0 Å². The van der Waals surface area contributed by atoms with Crippen LogP contribution in [0.25, 0.3) is 28.1 Å². The Hall–Kier alpha value is -2.59. The maximum Gasteiger partial charge on any atom is 0.305 e. The molecule has 3 aromatic rings. The molecule has 4 rings (SSSR count). The number of rotatable bonds is 8. The smallest absolute Gasteiger partial charge is 0.305 e. The van der Waals surface area contributed by atoms with Gasteiger partial charge < -0.3 is 15.3 Å². The van der Waals surface area contributed by atoms with E-state index in [0.717, 1.165) is 51.4 Å². The lowest BCUT2D eigenvalue weighted by Gasteiger charge is -2.16. The van der Waals surface area contributed by atoms with Crippen molar-refractivity contribution in [2.24, 2.45) is 0 Å². The van der Waals surface area contributed by atoms with Crippen molar-refractivity contribution in [2.45, 2.75) is 43.8 Å². The quantitative estimate of drug-likeness (QED) is 0.467. The molecule has 6 heteroatoms. The van der Waals surface area contributed by atoms with Crippen LogP contribution in [0.1, 0.15) is 42.9 Å². The molecule has 0 aliphatic heterocycles. The molecule has 5 nitrogen and oxygen atoms in total. The molecule has 2 aromatic carbocycles. The summed E-state index contributed by atoms with van der Waals surface area (Å²) in [5.41, 5.74) is 5.10. The normalized spacial score (nSPS) is 16.0. The van der Waals surface area contributed by atoms with Crippen LogP contribution < -0.4 is 5.30 Å². The number of pyridine rings is 1. The summed E-state index contributed by atoms with van der Waals surface area (Å²) in [6.45, 7) is 0. The maximum absolute atomic E-state index is 10.8. The van der Waals surface area contributed by atoms with Gasteiger partial charge in [0.15, 0.2) is 0 Å². The van der Waals surface area contributed by atoms with Crippen LogP contribution in [0.2, 0.25) is 0 Å². The molecular formula is C25H26NO4P. The van der Waals surface area contributed by atoms with Crippen molar-refractivity contribution in [2.75, 3.05) is 0 Å². The zero-order valence-corrected chi connectivity index (χ0v) is 18.3. The van der Waals surface area contributed by atoms with Crippen LogP contribution in [0.15, 0.2) is 54.6 Å². The number of nitrogens with zero attached hydrogens (tertiary/aromatic N) is 1. The topological polar surface area (TPSA) is 90.7 Å². The summed E-state index contributed by atoms with van der Waals surface area (Å²) >= 11 is 0. The van der Waals surface area contributed by atoms with E-state index in [0.29, 0.717) is 5.92 Å². The molecule has 1 aromatic heterocycles. The number of benzene rings is 2. The van der Waals surface area contributed by atoms with E-state index in [-0.39, 0.29) is 12.8 Å². The highest BCUT2D eigenvalue weighted by Crippen LogP contribution is 2.45. The molecule has 0 bridgehead atoms. The zero-order chi connectivity index (χ0) is 22.0. The van der Waals surface area contributed by atoms with Crippen molar-refractivity contribution in [1.82, 2.24) is 4.98 Å². The molecule has 1 fully saturated rings. The molecule has 160 valence electrons. The van der Waals surface area contributed by atoms with Crippen LogP contribution >= 0.6 is 9.24 Å². The monoisotopic (exact) mass is 435 g/mol. The summed E-state index contributed by atoms with van der Waals surface area (Å²) in [5, 5.41) is 31.2. The highest BCUT2D eigenvalue weighted by Gasteiger charge is 2.29. The van der Waals surface area contributed by atoms with Crippen molar-refractivity contribution >= 4 is 37.5 Å². The van der Waals surface area contributed by atoms with E-state index in [4.69, 9.17) is 10.1 Å². The fraction of sp³-hybridized carbons (Fsp3) is 0.280. The number of para-hydroxylation sites is 1. The van der Waals surface area contributed by atoms with E-state index in [1.807, 2.05) is 24.3 Å². The first-order valence-electron chi connectivity index (χ1n) is 10.5. The minimum atomic E-state index is -1.09. The molecular weight excluding hydrogens is 409 g/mol. The third kappa shape index (κ3) is 5.19. The van der Waals surface area contributed by atoms with Gasteiger partial charge >= 0.3 is 5.97 Å². The van der Waals surface area contributed by atoms with Crippen LogP contribution in [0, 0.1) is 0 Å². The molecule has 1 aliphatic rings. The molecule has 1 unspecified atom stereocenters. The second-order valence-electron chi connectivity index (χ2n) is 8.11. The van der Waals surface area contributed by atoms with Gasteiger partial charge in [-0.2, -0.15) is 0 Å². The Morgan fingerprint density at radius 3 is 2.52 bits per heavy atom. The summed E-state index contributed by atoms with van der Waals surface area (Å²) in [6.07, 6.45) is 3.25. The number of fused-ring (bicyclic) bond motifs is 1. The third-order valence-electron chi connectivity index (χ3n) is 5.53. The average Bonchev–Trinajstić information content (AvgIpc) is 3.56. The Morgan fingerprint density at radius 1 is 1.13 bits per heavy atom. The number of hydrogen-bond acceptors (Lipinski definition) is 4. The lowest BCUT2D eigenvalue weighted by atomic mass is 9.92. The van der Waals surface area contributed by atoms with Gasteiger partial charge in [0.2, 0.25) is 0 Å². The molecule has 0 radical (unpaired) electrons. The van der Waals surface area contributed by atoms with Gasteiger partial charge in [-0.05, 0) is 29.8 Å². The van der Waals surface area contributed by atoms with Gasteiger partial charge in [0, 0.05) is 28.9 Å². The van der Waals surface area contributed by atoms with Gasteiger partial charge in [-0.25, -0.2) is 0 Å². The second kappa shape index (κ2) is 9.27. The van der Waals surface area contributed by atoms with Crippen LogP contribution in [-0.2, 0) is 4.79 Å². The van der Waals surface area contributed by atoms with Gasteiger partial charge in [-0.3, -0.25) is 9.78 Å². The standard InChI is InChI=1S/C25H26NO4P/c27-17(13-18(28)14-23(29)30)9-12-21-24(15-7-10-19(31)11-8-15)20-3-1-2-4-22(20)26-25(21)16-5-6-16/h1-4,7-12,16-18,27-28H,5-6,13-14,31H2,(H,29,30)/b12-9+/t17-,18-/m1/s1. The molecule has 3 atom stereocenters. The van der Waals surface area contributed by atoms with Crippen molar-refractivity contribution in [3.05, 3.63) is 65.9 Å². The highest BCUT2D eigenvalue weighted by molar-refractivity contribution is 7.27. The molecule has 0 spiro atoms. The molecule has 3 N–H and O–H groups in total.